The monoisotopic (exact) mass is 235 g/mol. The topological polar surface area (TPSA) is 26.0 Å². The fourth-order valence-corrected chi connectivity index (χ4v) is 1.79. The minimum atomic E-state index is -0.242. The predicted octanol–water partition coefficient (Wildman–Crippen LogP) is 3.60. The standard InChI is InChI=1S/C13H11ClFN/c14-13-7-10(1-2-11(13)8-16)9-3-5-12(15)6-4-9/h1-7H,8,16H2. The molecule has 16 heavy (non-hydrogen) atoms. The normalized spacial score (nSPS) is 10.4. The maximum atomic E-state index is 12.8. The van der Waals surface area contributed by atoms with Crippen LogP contribution in [0.1, 0.15) is 5.56 Å². The van der Waals surface area contributed by atoms with E-state index in [4.69, 9.17) is 17.3 Å². The molecular formula is C13H11ClFN. The minimum absolute atomic E-state index is 0.242. The summed E-state index contributed by atoms with van der Waals surface area (Å²) < 4.78 is 12.8. The zero-order valence-electron chi connectivity index (χ0n) is 8.58. The van der Waals surface area contributed by atoms with Gasteiger partial charge in [-0.3, -0.25) is 0 Å². The molecule has 0 aliphatic heterocycles. The fraction of sp³-hybridized carbons (Fsp3) is 0.0769. The molecule has 0 aliphatic carbocycles. The van der Waals surface area contributed by atoms with Gasteiger partial charge in [-0.05, 0) is 34.9 Å². The molecule has 0 spiro atoms. The molecule has 0 atom stereocenters. The lowest BCUT2D eigenvalue weighted by Gasteiger charge is -2.05. The van der Waals surface area contributed by atoms with Gasteiger partial charge in [0, 0.05) is 11.6 Å². The van der Waals surface area contributed by atoms with Crippen molar-refractivity contribution in [2.45, 2.75) is 6.54 Å². The summed E-state index contributed by atoms with van der Waals surface area (Å²) in [6, 6.07) is 12.0. The lowest BCUT2D eigenvalue weighted by atomic mass is 10.0. The minimum Gasteiger partial charge on any atom is -0.326 e. The average molecular weight is 236 g/mol. The van der Waals surface area contributed by atoms with Crippen molar-refractivity contribution in [2.75, 3.05) is 0 Å². The quantitative estimate of drug-likeness (QED) is 0.846. The highest BCUT2D eigenvalue weighted by Gasteiger charge is 2.02. The summed E-state index contributed by atoms with van der Waals surface area (Å²) in [5.41, 5.74) is 8.33. The van der Waals surface area contributed by atoms with Crippen molar-refractivity contribution < 1.29 is 4.39 Å². The Hall–Kier alpha value is -1.38. The summed E-state index contributed by atoms with van der Waals surface area (Å²) >= 11 is 6.06. The highest BCUT2D eigenvalue weighted by atomic mass is 35.5. The van der Waals surface area contributed by atoms with E-state index in [1.807, 2.05) is 18.2 Å². The van der Waals surface area contributed by atoms with E-state index in [-0.39, 0.29) is 5.82 Å². The van der Waals surface area contributed by atoms with Gasteiger partial charge in [0.05, 0.1) is 0 Å². The van der Waals surface area contributed by atoms with Gasteiger partial charge in [0.1, 0.15) is 5.82 Å². The van der Waals surface area contributed by atoms with Crippen LogP contribution in [0.5, 0.6) is 0 Å². The van der Waals surface area contributed by atoms with E-state index in [0.717, 1.165) is 16.7 Å². The maximum Gasteiger partial charge on any atom is 0.123 e. The molecule has 2 aromatic carbocycles. The SMILES string of the molecule is NCc1ccc(-c2ccc(F)cc2)cc1Cl. The molecule has 0 radical (unpaired) electrons. The molecule has 2 aromatic rings. The number of halogens is 2. The van der Waals surface area contributed by atoms with E-state index < -0.39 is 0 Å². The molecule has 2 rings (SSSR count). The third kappa shape index (κ3) is 2.23. The Morgan fingerprint density at radius 1 is 1.00 bits per heavy atom. The first-order chi connectivity index (χ1) is 7.70. The molecule has 2 N–H and O–H groups in total. The molecule has 0 saturated heterocycles. The van der Waals surface area contributed by atoms with Gasteiger partial charge in [-0.1, -0.05) is 35.9 Å². The molecule has 0 aromatic heterocycles. The van der Waals surface area contributed by atoms with E-state index in [9.17, 15) is 4.39 Å². The predicted molar refractivity (Wildman–Crippen MR) is 64.7 cm³/mol. The highest BCUT2D eigenvalue weighted by Crippen LogP contribution is 2.25. The molecule has 0 bridgehead atoms. The van der Waals surface area contributed by atoms with Crippen LogP contribution in [-0.4, -0.2) is 0 Å². The molecule has 0 amide bonds. The summed E-state index contributed by atoms with van der Waals surface area (Å²) in [6.07, 6.45) is 0. The van der Waals surface area contributed by atoms with Crippen LogP contribution in [0.2, 0.25) is 5.02 Å². The van der Waals surface area contributed by atoms with Crippen molar-refractivity contribution in [1.29, 1.82) is 0 Å². The van der Waals surface area contributed by atoms with E-state index in [2.05, 4.69) is 0 Å². The first-order valence-corrected chi connectivity index (χ1v) is 5.33. The van der Waals surface area contributed by atoms with Crippen LogP contribution in [0.3, 0.4) is 0 Å². The number of hydrogen-bond donors (Lipinski definition) is 1. The van der Waals surface area contributed by atoms with Crippen LogP contribution in [0.25, 0.3) is 11.1 Å². The summed E-state index contributed by atoms with van der Waals surface area (Å²) in [5, 5.41) is 0.643. The Balaban J connectivity index is 2.41. The van der Waals surface area contributed by atoms with Gasteiger partial charge in [0.2, 0.25) is 0 Å². The molecular weight excluding hydrogens is 225 g/mol. The summed E-state index contributed by atoms with van der Waals surface area (Å²) in [6.45, 7) is 0.419. The lowest BCUT2D eigenvalue weighted by molar-refractivity contribution is 0.628. The Morgan fingerprint density at radius 2 is 1.62 bits per heavy atom. The molecule has 82 valence electrons. The fourth-order valence-electron chi connectivity index (χ4n) is 1.53. The third-order valence-electron chi connectivity index (χ3n) is 2.45. The van der Waals surface area contributed by atoms with Crippen LogP contribution in [0.15, 0.2) is 42.5 Å². The zero-order chi connectivity index (χ0) is 11.5. The van der Waals surface area contributed by atoms with Crippen molar-refractivity contribution in [1.82, 2.24) is 0 Å². The van der Waals surface area contributed by atoms with Crippen molar-refractivity contribution in [2.24, 2.45) is 5.73 Å². The molecule has 1 nitrogen and oxygen atoms in total. The Kier molecular flexibility index (Phi) is 3.22. The zero-order valence-corrected chi connectivity index (χ0v) is 9.34. The third-order valence-corrected chi connectivity index (χ3v) is 2.80. The maximum absolute atomic E-state index is 12.8. The highest BCUT2D eigenvalue weighted by molar-refractivity contribution is 6.31. The second kappa shape index (κ2) is 4.64. The molecule has 0 fully saturated rings. The smallest absolute Gasteiger partial charge is 0.123 e. The van der Waals surface area contributed by atoms with Crippen LogP contribution in [-0.2, 0) is 6.54 Å². The molecule has 3 heteroatoms. The first-order valence-electron chi connectivity index (χ1n) is 4.95. The Labute approximate surface area is 98.7 Å². The number of rotatable bonds is 2. The van der Waals surface area contributed by atoms with E-state index in [1.54, 1.807) is 12.1 Å². The largest absolute Gasteiger partial charge is 0.326 e. The van der Waals surface area contributed by atoms with Crippen LogP contribution in [0, 0.1) is 5.82 Å². The van der Waals surface area contributed by atoms with Crippen LogP contribution >= 0.6 is 11.6 Å². The lowest BCUT2D eigenvalue weighted by Crippen LogP contribution is -1.96. The summed E-state index contributed by atoms with van der Waals surface area (Å²) in [7, 11) is 0. The summed E-state index contributed by atoms with van der Waals surface area (Å²) in [5.74, 6) is -0.242. The number of benzene rings is 2. The van der Waals surface area contributed by atoms with Gasteiger partial charge in [-0.2, -0.15) is 0 Å². The second-order valence-corrected chi connectivity index (χ2v) is 3.92. The molecule has 0 aliphatic rings. The molecule has 0 unspecified atom stereocenters. The molecule has 0 heterocycles. The van der Waals surface area contributed by atoms with E-state index in [0.29, 0.717) is 11.6 Å². The molecule has 0 saturated carbocycles. The Bertz CT molecular complexity index is 494. The van der Waals surface area contributed by atoms with Crippen molar-refractivity contribution in [3.8, 4) is 11.1 Å². The van der Waals surface area contributed by atoms with Crippen molar-refractivity contribution in [3.05, 3.63) is 58.9 Å². The van der Waals surface area contributed by atoms with Gasteiger partial charge < -0.3 is 5.73 Å². The van der Waals surface area contributed by atoms with E-state index >= 15 is 0 Å². The average Bonchev–Trinajstić information content (AvgIpc) is 2.30. The first kappa shape index (κ1) is 11.1. The van der Waals surface area contributed by atoms with Gasteiger partial charge in [-0.15, -0.1) is 0 Å². The van der Waals surface area contributed by atoms with Crippen molar-refractivity contribution >= 4 is 11.6 Å². The van der Waals surface area contributed by atoms with Crippen LogP contribution in [0.4, 0.5) is 4.39 Å². The number of nitrogens with two attached hydrogens (primary N) is 1. The number of hydrogen-bond acceptors (Lipinski definition) is 1. The van der Waals surface area contributed by atoms with Crippen LogP contribution < -0.4 is 5.73 Å². The van der Waals surface area contributed by atoms with E-state index in [1.165, 1.54) is 12.1 Å². The van der Waals surface area contributed by atoms with Gasteiger partial charge in [0.15, 0.2) is 0 Å². The summed E-state index contributed by atoms with van der Waals surface area (Å²) in [4.78, 5) is 0. The Morgan fingerprint density at radius 3 is 2.19 bits per heavy atom. The second-order valence-electron chi connectivity index (χ2n) is 3.52. The van der Waals surface area contributed by atoms with Gasteiger partial charge in [0.25, 0.3) is 0 Å². The van der Waals surface area contributed by atoms with Crippen molar-refractivity contribution in [3.63, 3.8) is 0 Å². The van der Waals surface area contributed by atoms with Gasteiger partial charge in [-0.25, -0.2) is 4.39 Å². The van der Waals surface area contributed by atoms with Gasteiger partial charge >= 0.3 is 0 Å².